The molecule has 0 unspecified atom stereocenters. The molecule has 0 radical (unpaired) electrons. The Bertz CT molecular complexity index is 1090. The lowest BCUT2D eigenvalue weighted by Gasteiger charge is -2.15. The summed E-state index contributed by atoms with van der Waals surface area (Å²) in [5.41, 5.74) is 0.244. The highest BCUT2D eigenvalue weighted by atomic mass is 32.2. The van der Waals surface area contributed by atoms with Crippen LogP contribution >= 0.6 is 0 Å². The zero-order chi connectivity index (χ0) is 24.3. The first kappa shape index (κ1) is 27.3. The molecule has 0 aliphatic heterocycles. The van der Waals surface area contributed by atoms with E-state index in [1.165, 1.54) is 57.1 Å². The molecule has 2 aromatic carbocycles. The van der Waals surface area contributed by atoms with Crippen LogP contribution in [0.2, 0.25) is 0 Å². The standard InChI is InChI=1S/C24H34O7S2/c1-2-3-4-5-6-7-8-9-10-13-19-31-22-17-12-11-15-20(22)21-16-14-18-23(32(25,26)27)24(21)33(28,29)30/h11-12,14-18H,2-10,13,19H2,1H3,(H,25,26,27)(H,28,29,30). The van der Waals surface area contributed by atoms with Crippen molar-refractivity contribution < 1.29 is 30.7 Å². The number of benzene rings is 2. The van der Waals surface area contributed by atoms with Crippen LogP contribution in [0.25, 0.3) is 11.1 Å². The lowest BCUT2D eigenvalue weighted by molar-refractivity contribution is 0.305. The number of ether oxygens (including phenoxy) is 1. The van der Waals surface area contributed by atoms with E-state index in [9.17, 15) is 25.9 Å². The molecular formula is C24H34O7S2. The van der Waals surface area contributed by atoms with E-state index in [4.69, 9.17) is 4.74 Å². The van der Waals surface area contributed by atoms with Crippen LogP contribution in [-0.4, -0.2) is 32.5 Å². The third-order valence-electron chi connectivity index (χ3n) is 5.45. The molecule has 2 aromatic rings. The fourth-order valence-corrected chi connectivity index (χ4v) is 5.79. The van der Waals surface area contributed by atoms with E-state index in [1.807, 2.05) is 0 Å². The molecule has 0 heterocycles. The molecule has 184 valence electrons. The summed E-state index contributed by atoms with van der Waals surface area (Å²) in [6.07, 6.45) is 11.9. The zero-order valence-corrected chi connectivity index (χ0v) is 20.7. The van der Waals surface area contributed by atoms with Crippen LogP contribution in [0, 0.1) is 0 Å². The van der Waals surface area contributed by atoms with Gasteiger partial charge in [-0.3, -0.25) is 9.11 Å². The Morgan fingerprint density at radius 1 is 0.667 bits per heavy atom. The summed E-state index contributed by atoms with van der Waals surface area (Å²) in [5, 5.41) is 0. The van der Waals surface area contributed by atoms with Crippen LogP contribution in [0.1, 0.15) is 71.1 Å². The van der Waals surface area contributed by atoms with Crippen molar-refractivity contribution in [2.75, 3.05) is 6.61 Å². The molecule has 0 spiro atoms. The molecule has 0 bridgehead atoms. The van der Waals surface area contributed by atoms with Gasteiger partial charge in [0.15, 0.2) is 0 Å². The Labute approximate surface area is 197 Å². The SMILES string of the molecule is CCCCCCCCCCCCOc1ccccc1-c1cccc(S(=O)(=O)O)c1S(=O)(=O)O. The highest BCUT2D eigenvalue weighted by Gasteiger charge is 2.28. The second kappa shape index (κ2) is 13.1. The lowest BCUT2D eigenvalue weighted by Crippen LogP contribution is -2.10. The molecule has 2 N–H and O–H groups in total. The van der Waals surface area contributed by atoms with Gasteiger partial charge in [0.05, 0.1) is 6.61 Å². The van der Waals surface area contributed by atoms with Gasteiger partial charge < -0.3 is 4.74 Å². The summed E-state index contributed by atoms with van der Waals surface area (Å²) in [6, 6.07) is 10.2. The van der Waals surface area contributed by atoms with Gasteiger partial charge in [-0.25, -0.2) is 0 Å². The van der Waals surface area contributed by atoms with Crippen LogP contribution in [0.15, 0.2) is 52.3 Å². The number of rotatable bonds is 15. The molecule has 0 aromatic heterocycles. The molecule has 0 amide bonds. The van der Waals surface area contributed by atoms with Gasteiger partial charge in [-0.05, 0) is 18.6 Å². The number of unbranched alkanes of at least 4 members (excludes halogenated alkanes) is 9. The molecule has 0 saturated heterocycles. The molecule has 2 rings (SSSR count). The maximum Gasteiger partial charge on any atom is 0.296 e. The monoisotopic (exact) mass is 498 g/mol. The number of para-hydroxylation sites is 1. The van der Waals surface area contributed by atoms with Crippen LogP contribution < -0.4 is 4.74 Å². The van der Waals surface area contributed by atoms with Crippen molar-refractivity contribution >= 4 is 20.2 Å². The van der Waals surface area contributed by atoms with Gasteiger partial charge in [0, 0.05) is 11.1 Å². The van der Waals surface area contributed by atoms with Crippen molar-refractivity contribution in [2.45, 2.75) is 80.9 Å². The van der Waals surface area contributed by atoms with Crippen molar-refractivity contribution in [3.63, 3.8) is 0 Å². The lowest BCUT2D eigenvalue weighted by atomic mass is 10.0. The van der Waals surface area contributed by atoms with E-state index in [2.05, 4.69) is 6.92 Å². The first-order chi connectivity index (χ1) is 15.7. The van der Waals surface area contributed by atoms with Crippen molar-refractivity contribution in [3.8, 4) is 16.9 Å². The summed E-state index contributed by atoms with van der Waals surface area (Å²) in [4.78, 5) is -1.76. The molecule has 0 atom stereocenters. The van der Waals surface area contributed by atoms with Crippen LogP contribution in [0.3, 0.4) is 0 Å². The molecule has 7 nitrogen and oxygen atoms in total. The predicted molar refractivity (Wildman–Crippen MR) is 129 cm³/mol. The van der Waals surface area contributed by atoms with Gasteiger partial charge in [0.1, 0.15) is 15.5 Å². The fourth-order valence-electron chi connectivity index (χ4n) is 3.78. The topological polar surface area (TPSA) is 118 Å². The van der Waals surface area contributed by atoms with Crippen molar-refractivity contribution in [2.24, 2.45) is 0 Å². The highest BCUT2D eigenvalue weighted by Crippen LogP contribution is 2.37. The Kier molecular flexibility index (Phi) is 10.8. The molecular weight excluding hydrogens is 464 g/mol. The second-order valence-corrected chi connectivity index (χ2v) is 10.9. The minimum Gasteiger partial charge on any atom is -0.493 e. The van der Waals surface area contributed by atoms with Gasteiger partial charge in [0.2, 0.25) is 0 Å². The van der Waals surface area contributed by atoms with Crippen LogP contribution in [-0.2, 0) is 20.2 Å². The molecule has 33 heavy (non-hydrogen) atoms. The summed E-state index contributed by atoms with van der Waals surface area (Å²) < 4.78 is 72.4. The minimum absolute atomic E-state index is 0.0636. The van der Waals surface area contributed by atoms with E-state index in [1.54, 1.807) is 24.3 Å². The maximum atomic E-state index is 12.0. The third-order valence-corrected chi connectivity index (χ3v) is 7.43. The molecule has 0 fully saturated rings. The molecule has 0 aliphatic rings. The predicted octanol–water partition coefficient (Wildman–Crippen LogP) is 6.15. The molecule has 0 aliphatic carbocycles. The minimum atomic E-state index is -4.95. The number of hydrogen-bond acceptors (Lipinski definition) is 5. The van der Waals surface area contributed by atoms with Gasteiger partial charge in [-0.1, -0.05) is 95.0 Å². The normalized spacial score (nSPS) is 12.1. The van der Waals surface area contributed by atoms with Gasteiger partial charge in [-0.15, -0.1) is 0 Å². The first-order valence-electron chi connectivity index (χ1n) is 11.5. The van der Waals surface area contributed by atoms with E-state index < -0.39 is 30.0 Å². The summed E-state index contributed by atoms with van der Waals surface area (Å²) in [5.74, 6) is 0.366. The summed E-state index contributed by atoms with van der Waals surface area (Å²) >= 11 is 0. The quantitative estimate of drug-likeness (QED) is 0.223. The van der Waals surface area contributed by atoms with Gasteiger partial charge in [0.25, 0.3) is 20.2 Å². The van der Waals surface area contributed by atoms with Crippen molar-refractivity contribution in [3.05, 3.63) is 42.5 Å². The second-order valence-electron chi connectivity index (χ2n) is 8.11. The average Bonchev–Trinajstić information content (AvgIpc) is 2.76. The van der Waals surface area contributed by atoms with Crippen molar-refractivity contribution in [1.82, 2.24) is 0 Å². The highest BCUT2D eigenvalue weighted by molar-refractivity contribution is 7.89. The maximum absolute atomic E-state index is 12.0. The van der Waals surface area contributed by atoms with Gasteiger partial charge in [-0.2, -0.15) is 16.8 Å². The number of hydrogen-bond donors (Lipinski definition) is 2. The summed E-state index contributed by atoms with van der Waals surface area (Å²) in [6.45, 7) is 2.64. The first-order valence-corrected chi connectivity index (χ1v) is 14.3. The molecule has 0 saturated carbocycles. The smallest absolute Gasteiger partial charge is 0.296 e. The largest absolute Gasteiger partial charge is 0.493 e. The Balaban J connectivity index is 2.03. The molecule has 9 heteroatoms. The van der Waals surface area contributed by atoms with Crippen LogP contribution in [0.4, 0.5) is 0 Å². The summed E-state index contributed by atoms with van der Waals surface area (Å²) in [7, 11) is -9.83. The van der Waals surface area contributed by atoms with E-state index in [-0.39, 0.29) is 5.56 Å². The van der Waals surface area contributed by atoms with Crippen LogP contribution in [0.5, 0.6) is 5.75 Å². The van der Waals surface area contributed by atoms with E-state index in [0.717, 1.165) is 25.3 Å². The average molecular weight is 499 g/mol. The Hall–Kier alpha value is -1.94. The van der Waals surface area contributed by atoms with E-state index >= 15 is 0 Å². The van der Waals surface area contributed by atoms with Crippen molar-refractivity contribution in [1.29, 1.82) is 0 Å². The van der Waals surface area contributed by atoms with Gasteiger partial charge >= 0.3 is 0 Å². The Morgan fingerprint density at radius 3 is 1.79 bits per heavy atom. The third kappa shape index (κ3) is 8.73. The zero-order valence-electron chi connectivity index (χ0n) is 19.1. The Morgan fingerprint density at radius 2 is 1.21 bits per heavy atom. The van der Waals surface area contributed by atoms with E-state index in [0.29, 0.717) is 17.9 Å². The fraction of sp³-hybridized carbons (Fsp3) is 0.500.